The molecule has 0 aliphatic carbocycles. The van der Waals surface area contributed by atoms with Crippen molar-refractivity contribution >= 4 is 38.8 Å². The number of nitrogens with one attached hydrogen (secondary N) is 2. The lowest BCUT2D eigenvalue weighted by Crippen LogP contribution is -2.24. The van der Waals surface area contributed by atoms with Gasteiger partial charge in [-0.2, -0.15) is 0 Å². The topological polar surface area (TPSA) is 109 Å². The predicted molar refractivity (Wildman–Crippen MR) is 129 cm³/mol. The standard InChI is InChI=1S/C23H24N6O3S/c1-16(30)25-19-8-5-9-20(13-19)26-23-24-14-21-10-11-22(29(21)27-23)18-7-4-6-17(12-18)15-28(2)33(3,31)32/h4-14H,15H2,1-3H3,(H,25,30)(H,26,27). The molecule has 0 spiro atoms. The number of amides is 1. The molecule has 0 aliphatic heterocycles. The van der Waals surface area contributed by atoms with E-state index in [0.717, 1.165) is 28.0 Å². The van der Waals surface area contributed by atoms with Crippen molar-refractivity contribution in [3.8, 4) is 11.3 Å². The van der Waals surface area contributed by atoms with Gasteiger partial charge in [0.05, 0.1) is 23.7 Å². The lowest BCUT2D eigenvalue weighted by atomic mass is 10.1. The first kappa shape index (κ1) is 22.4. The number of aromatic nitrogens is 3. The summed E-state index contributed by atoms with van der Waals surface area (Å²) in [6, 6.07) is 18.9. The molecule has 0 fully saturated rings. The fourth-order valence-corrected chi connectivity index (χ4v) is 3.77. The summed E-state index contributed by atoms with van der Waals surface area (Å²) in [4.78, 5) is 15.7. The van der Waals surface area contributed by atoms with Gasteiger partial charge in [0.25, 0.3) is 0 Å². The van der Waals surface area contributed by atoms with Crippen LogP contribution in [0.4, 0.5) is 17.3 Å². The molecule has 170 valence electrons. The molecule has 2 heterocycles. The van der Waals surface area contributed by atoms with Gasteiger partial charge >= 0.3 is 0 Å². The number of anilines is 3. The molecule has 4 rings (SSSR count). The molecular formula is C23H24N6O3S. The van der Waals surface area contributed by atoms with Crippen molar-refractivity contribution in [1.29, 1.82) is 0 Å². The van der Waals surface area contributed by atoms with Gasteiger partial charge in [-0.05, 0) is 42.0 Å². The van der Waals surface area contributed by atoms with Crippen molar-refractivity contribution in [3.05, 3.63) is 72.4 Å². The first-order chi connectivity index (χ1) is 15.7. The van der Waals surface area contributed by atoms with Crippen LogP contribution in [-0.2, 0) is 21.4 Å². The highest BCUT2D eigenvalue weighted by Gasteiger charge is 2.13. The molecule has 0 saturated carbocycles. The number of carbonyl (C=O) groups is 1. The lowest BCUT2D eigenvalue weighted by molar-refractivity contribution is -0.114. The van der Waals surface area contributed by atoms with Gasteiger partial charge < -0.3 is 10.6 Å². The molecule has 0 atom stereocenters. The van der Waals surface area contributed by atoms with Crippen LogP contribution in [0, 0.1) is 0 Å². The number of nitrogens with zero attached hydrogens (tertiary/aromatic N) is 4. The highest BCUT2D eigenvalue weighted by atomic mass is 32.2. The highest BCUT2D eigenvalue weighted by molar-refractivity contribution is 7.88. The number of carbonyl (C=O) groups excluding carboxylic acids is 1. The van der Waals surface area contributed by atoms with Gasteiger partial charge in [-0.3, -0.25) is 4.79 Å². The second-order valence-corrected chi connectivity index (χ2v) is 9.83. The molecule has 1 amide bonds. The Morgan fingerprint density at radius 2 is 1.82 bits per heavy atom. The fourth-order valence-electron chi connectivity index (χ4n) is 3.39. The van der Waals surface area contributed by atoms with E-state index in [-0.39, 0.29) is 12.5 Å². The second kappa shape index (κ2) is 9.00. The molecule has 0 saturated heterocycles. The van der Waals surface area contributed by atoms with Crippen LogP contribution in [0.5, 0.6) is 0 Å². The maximum absolute atomic E-state index is 11.8. The van der Waals surface area contributed by atoms with Gasteiger partial charge in [0, 0.05) is 37.5 Å². The van der Waals surface area contributed by atoms with Crippen molar-refractivity contribution in [2.45, 2.75) is 13.5 Å². The number of fused-ring (bicyclic) bond motifs is 1. The second-order valence-electron chi connectivity index (χ2n) is 7.74. The summed E-state index contributed by atoms with van der Waals surface area (Å²) in [6.45, 7) is 1.74. The minimum atomic E-state index is -3.27. The minimum Gasteiger partial charge on any atom is -0.326 e. The van der Waals surface area contributed by atoms with Crippen LogP contribution in [0.15, 0.2) is 66.9 Å². The first-order valence-corrected chi connectivity index (χ1v) is 12.0. The SMILES string of the molecule is CC(=O)Nc1cccc(Nc2ncc3ccc(-c4cccc(CN(C)S(C)(=O)=O)c4)n3n2)c1. The summed E-state index contributed by atoms with van der Waals surface area (Å²) in [6.07, 6.45) is 2.91. The molecule has 4 aromatic rings. The van der Waals surface area contributed by atoms with E-state index in [0.29, 0.717) is 11.6 Å². The molecular weight excluding hydrogens is 440 g/mol. The zero-order valence-electron chi connectivity index (χ0n) is 18.5. The van der Waals surface area contributed by atoms with E-state index >= 15 is 0 Å². The van der Waals surface area contributed by atoms with E-state index in [2.05, 4.69) is 20.7 Å². The normalized spacial score (nSPS) is 11.6. The number of sulfonamides is 1. The number of rotatable bonds is 7. The molecule has 10 heteroatoms. The minimum absolute atomic E-state index is 0.147. The van der Waals surface area contributed by atoms with Crippen LogP contribution in [0.2, 0.25) is 0 Å². The fraction of sp³-hybridized carbons (Fsp3) is 0.174. The van der Waals surface area contributed by atoms with Crippen molar-refractivity contribution in [2.24, 2.45) is 0 Å². The van der Waals surface area contributed by atoms with Crippen LogP contribution in [0.3, 0.4) is 0 Å². The summed E-state index contributed by atoms with van der Waals surface area (Å²) in [5, 5.41) is 10.5. The van der Waals surface area contributed by atoms with Gasteiger partial charge in [-0.25, -0.2) is 22.2 Å². The summed E-state index contributed by atoms with van der Waals surface area (Å²) in [7, 11) is -1.72. The Kier molecular flexibility index (Phi) is 6.12. The smallest absolute Gasteiger partial charge is 0.245 e. The summed E-state index contributed by atoms with van der Waals surface area (Å²) < 4.78 is 26.6. The Labute approximate surface area is 192 Å². The Hall–Kier alpha value is -3.76. The quantitative estimate of drug-likeness (QED) is 0.433. The van der Waals surface area contributed by atoms with E-state index < -0.39 is 10.0 Å². The van der Waals surface area contributed by atoms with Gasteiger partial charge in [0.1, 0.15) is 0 Å². The molecule has 2 aromatic heterocycles. The van der Waals surface area contributed by atoms with Gasteiger partial charge in [-0.15, -0.1) is 5.10 Å². The van der Waals surface area contributed by atoms with Crippen molar-refractivity contribution in [3.63, 3.8) is 0 Å². The Bertz CT molecular complexity index is 1430. The molecule has 33 heavy (non-hydrogen) atoms. The van der Waals surface area contributed by atoms with Gasteiger partial charge in [0.2, 0.25) is 21.9 Å². The van der Waals surface area contributed by atoms with Crippen molar-refractivity contribution in [1.82, 2.24) is 18.9 Å². The van der Waals surface area contributed by atoms with Crippen molar-refractivity contribution in [2.75, 3.05) is 23.9 Å². The van der Waals surface area contributed by atoms with Crippen LogP contribution >= 0.6 is 0 Å². The van der Waals surface area contributed by atoms with E-state index in [9.17, 15) is 13.2 Å². The van der Waals surface area contributed by atoms with E-state index in [1.807, 2.05) is 48.5 Å². The van der Waals surface area contributed by atoms with E-state index in [1.165, 1.54) is 17.5 Å². The Morgan fingerprint density at radius 3 is 2.58 bits per heavy atom. The van der Waals surface area contributed by atoms with Crippen molar-refractivity contribution < 1.29 is 13.2 Å². The molecule has 0 aliphatic rings. The summed E-state index contributed by atoms with van der Waals surface area (Å²) in [5.74, 6) is 0.250. The predicted octanol–water partition coefficient (Wildman–Crippen LogP) is 3.49. The maximum atomic E-state index is 11.8. The first-order valence-electron chi connectivity index (χ1n) is 10.2. The third-order valence-electron chi connectivity index (χ3n) is 5.03. The Balaban J connectivity index is 1.63. The van der Waals surface area contributed by atoms with E-state index in [4.69, 9.17) is 0 Å². The molecule has 0 unspecified atom stereocenters. The summed E-state index contributed by atoms with van der Waals surface area (Å²) >= 11 is 0. The summed E-state index contributed by atoms with van der Waals surface area (Å²) in [5.41, 5.74) is 4.86. The van der Waals surface area contributed by atoms with Crippen LogP contribution < -0.4 is 10.6 Å². The van der Waals surface area contributed by atoms with Crippen LogP contribution in [-0.4, -0.2) is 46.5 Å². The molecule has 9 nitrogen and oxygen atoms in total. The average molecular weight is 465 g/mol. The number of benzene rings is 2. The van der Waals surface area contributed by atoms with Crippen LogP contribution in [0.25, 0.3) is 16.8 Å². The molecule has 0 radical (unpaired) electrons. The molecule has 2 N–H and O–H groups in total. The Morgan fingerprint density at radius 1 is 1.06 bits per heavy atom. The zero-order chi connectivity index (χ0) is 23.6. The average Bonchev–Trinajstić information content (AvgIpc) is 3.16. The third kappa shape index (κ3) is 5.36. The maximum Gasteiger partial charge on any atom is 0.245 e. The monoisotopic (exact) mass is 464 g/mol. The van der Waals surface area contributed by atoms with Gasteiger partial charge in [-0.1, -0.05) is 24.3 Å². The van der Waals surface area contributed by atoms with Crippen LogP contribution in [0.1, 0.15) is 12.5 Å². The largest absolute Gasteiger partial charge is 0.326 e. The zero-order valence-corrected chi connectivity index (χ0v) is 19.3. The number of hydrogen-bond acceptors (Lipinski definition) is 6. The molecule has 2 aromatic carbocycles. The number of hydrogen-bond donors (Lipinski definition) is 2. The third-order valence-corrected chi connectivity index (χ3v) is 6.29. The van der Waals surface area contributed by atoms with E-state index in [1.54, 1.807) is 29.9 Å². The highest BCUT2D eigenvalue weighted by Crippen LogP contribution is 2.25. The van der Waals surface area contributed by atoms with Gasteiger partial charge in [0.15, 0.2) is 0 Å². The molecule has 0 bridgehead atoms. The lowest BCUT2D eigenvalue weighted by Gasteiger charge is -2.14.